The van der Waals surface area contributed by atoms with E-state index in [9.17, 15) is 14.7 Å². The molecule has 1 heterocycles. The lowest BCUT2D eigenvalue weighted by Crippen LogP contribution is -2.44. The third kappa shape index (κ3) is 11.2. The zero-order valence-corrected chi connectivity index (χ0v) is 25.9. The topological polar surface area (TPSA) is 91.8 Å². The number of carboxylic acid groups (broad SMARTS) is 1. The van der Waals surface area contributed by atoms with Gasteiger partial charge < -0.3 is 29.1 Å². The van der Waals surface area contributed by atoms with Crippen molar-refractivity contribution in [2.45, 2.75) is 24.9 Å². The van der Waals surface area contributed by atoms with Gasteiger partial charge in [-0.2, -0.15) is 0 Å². The van der Waals surface area contributed by atoms with Crippen LogP contribution < -0.4 is 0 Å². The standard InChI is InChI=1S/C29H39Cl2N3O6.ClH/c1-32(28(35)19-22-8-9-25(30)26(31)18-22)27(23-6-4-3-5-7-23)21-33-11-10-24(20-33)34(29(36)37)12-13-39-16-17-40-15-14-38-2;/h3-9,18,24,27H,10-17,19-21H2,1-2H3,(H,36,37);1H/t24-,27+;/m0./s1. The van der Waals surface area contributed by atoms with Crippen LogP contribution in [0.2, 0.25) is 10.0 Å². The first-order chi connectivity index (χ1) is 19.3. The Morgan fingerprint density at radius 2 is 1.71 bits per heavy atom. The summed E-state index contributed by atoms with van der Waals surface area (Å²) in [6.07, 6.45) is -0.0429. The van der Waals surface area contributed by atoms with E-state index < -0.39 is 6.09 Å². The van der Waals surface area contributed by atoms with Gasteiger partial charge in [0.25, 0.3) is 0 Å². The predicted octanol–water partition coefficient (Wildman–Crippen LogP) is 4.89. The minimum Gasteiger partial charge on any atom is -0.465 e. The molecule has 0 spiro atoms. The minimum absolute atomic E-state index is 0. The fourth-order valence-electron chi connectivity index (χ4n) is 4.79. The maximum absolute atomic E-state index is 13.3. The van der Waals surface area contributed by atoms with Crippen molar-refractivity contribution in [3.63, 3.8) is 0 Å². The number of nitrogens with zero attached hydrogens (tertiary/aromatic N) is 3. The van der Waals surface area contributed by atoms with Crippen LogP contribution in [0, 0.1) is 0 Å². The van der Waals surface area contributed by atoms with Crippen molar-refractivity contribution >= 4 is 47.6 Å². The minimum atomic E-state index is -0.958. The maximum Gasteiger partial charge on any atom is 0.407 e. The molecular weight excluding hydrogens is 593 g/mol. The summed E-state index contributed by atoms with van der Waals surface area (Å²) in [6, 6.07) is 14.8. The van der Waals surface area contributed by atoms with Crippen molar-refractivity contribution < 1.29 is 28.9 Å². The van der Waals surface area contributed by atoms with Crippen molar-refractivity contribution in [2.75, 3.05) is 73.4 Å². The summed E-state index contributed by atoms with van der Waals surface area (Å²) in [5, 5.41) is 10.7. The number of methoxy groups -OCH3 is 1. The second-order valence-electron chi connectivity index (χ2n) is 9.75. The van der Waals surface area contributed by atoms with E-state index in [1.54, 1.807) is 30.2 Å². The van der Waals surface area contributed by atoms with Gasteiger partial charge in [-0.1, -0.05) is 59.6 Å². The van der Waals surface area contributed by atoms with Crippen LogP contribution >= 0.6 is 35.6 Å². The normalized spacial score (nSPS) is 15.8. The first kappa shape index (κ1) is 35.1. The average molecular weight is 633 g/mol. The van der Waals surface area contributed by atoms with E-state index in [0.29, 0.717) is 56.2 Å². The van der Waals surface area contributed by atoms with Crippen LogP contribution in [-0.4, -0.2) is 111 Å². The molecule has 0 unspecified atom stereocenters. The Kier molecular flexibility index (Phi) is 15.8. The number of hydrogen-bond donors (Lipinski definition) is 1. The second-order valence-corrected chi connectivity index (χ2v) is 10.6. The highest BCUT2D eigenvalue weighted by Gasteiger charge is 2.33. The third-order valence-corrected chi connectivity index (χ3v) is 7.77. The van der Waals surface area contributed by atoms with Crippen LogP contribution in [0.4, 0.5) is 4.79 Å². The highest BCUT2D eigenvalue weighted by molar-refractivity contribution is 6.42. The molecular formula is C29H40Cl3N3O6. The Morgan fingerprint density at radius 3 is 2.37 bits per heavy atom. The van der Waals surface area contributed by atoms with E-state index in [1.165, 1.54) is 4.90 Å². The molecule has 3 rings (SSSR count). The molecule has 12 heteroatoms. The molecule has 2 aromatic carbocycles. The highest BCUT2D eigenvalue weighted by atomic mass is 35.5. The summed E-state index contributed by atoms with van der Waals surface area (Å²) in [5.41, 5.74) is 1.81. The van der Waals surface area contributed by atoms with Crippen LogP contribution in [0.1, 0.15) is 23.6 Å². The molecule has 2 amide bonds. The van der Waals surface area contributed by atoms with Crippen molar-refractivity contribution in [3.8, 4) is 0 Å². The molecule has 1 aliphatic heterocycles. The van der Waals surface area contributed by atoms with E-state index >= 15 is 0 Å². The molecule has 228 valence electrons. The Labute approximate surface area is 258 Å². The van der Waals surface area contributed by atoms with E-state index in [-0.39, 0.29) is 43.4 Å². The lowest BCUT2D eigenvalue weighted by atomic mass is 10.0. The molecule has 0 radical (unpaired) electrons. The summed E-state index contributed by atoms with van der Waals surface area (Å²) >= 11 is 12.2. The molecule has 2 atom stereocenters. The third-order valence-electron chi connectivity index (χ3n) is 7.03. The number of ether oxygens (including phenoxy) is 3. The molecule has 1 N–H and O–H groups in total. The number of amides is 2. The number of likely N-dealkylation sites (tertiary alicyclic amines) is 1. The first-order valence-electron chi connectivity index (χ1n) is 13.4. The van der Waals surface area contributed by atoms with Gasteiger partial charge in [-0.15, -0.1) is 12.4 Å². The quantitative estimate of drug-likeness (QED) is 0.264. The van der Waals surface area contributed by atoms with E-state index in [1.807, 2.05) is 37.4 Å². The van der Waals surface area contributed by atoms with Gasteiger partial charge in [0.1, 0.15) is 0 Å². The Morgan fingerprint density at radius 1 is 1.02 bits per heavy atom. The monoisotopic (exact) mass is 631 g/mol. The molecule has 9 nitrogen and oxygen atoms in total. The fraction of sp³-hybridized carbons (Fsp3) is 0.517. The molecule has 1 saturated heterocycles. The molecule has 0 aliphatic carbocycles. The molecule has 0 aromatic heterocycles. The number of rotatable bonds is 16. The van der Waals surface area contributed by atoms with E-state index in [4.69, 9.17) is 37.4 Å². The lowest BCUT2D eigenvalue weighted by molar-refractivity contribution is -0.131. The fourth-order valence-corrected chi connectivity index (χ4v) is 5.11. The maximum atomic E-state index is 13.3. The van der Waals surface area contributed by atoms with Crippen LogP contribution in [0.3, 0.4) is 0 Å². The van der Waals surface area contributed by atoms with Gasteiger partial charge in [0.2, 0.25) is 5.91 Å². The first-order valence-corrected chi connectivity index (χ1v) is 14.2. The van der Waals surface area contributed by atoms with Gasteiger partial charge in [-0.3, -0.25) is 9.69 Å². The summed E-state index contributed by atoms with van der Waals surface area (Å²) in [5.74, 6) is -0.0431. The van der Waals surface area contributed by atoms with Crippen LogP contribution in [-0.2, 0) is 25.4 Å². The second kappa shape index (κ2) is 18.4. The lowest BCUT2D eigenvalue weighted by Gasteiger charge is -2.33. The Hall–Kier alpha value is -2.11. The molecule has 1 aliphatic rings. The number of carbonyl (C=O) groups is 2. The smallest absolute Gasteiger partial charge is 0.407 e. The summed E-state index contributed by atoms with van der Waals surface area (Å²) in [7, 11) is 3.43. The molecule has 41 heavy (non-hydrogen) atoms. The highest BCUT2D eigenvalue weighted by Crippen LogP contribution is 2.27. The van der Waals surface area contributed by atoms with Gasteiger partial charge >= 0.3 is 6.09 Å². The van der Waals surface area contributed by atoms with Gasteiger partial charge in [0.05, 0.1) is 55.5 Å². The summed E-state index contributed by atoms with van der Waals surface area (Å²) < 4.78 is 15.9. The van der Waals surface area contributed by atoms with Gasteiger partial charge in [0.15, 0.2) is 0 Å². The molecule has 0 saturated carbocycles. The Balaban J connectivity index is 0.00000588. The van der Waals surface area contributed by atoms with Gasteiger partial charge in [0, 0.05) is 46.4 Å². The summed E-state index contributed by atoms with van der Waals surface area (Å²) in [6.45, 7) is 4.36. The zero-order valence-electron chi connectivity index (χ0n) is 23.5. The average Bonchev–Trinajstić information content (AvgIpc) is 3.41. The molecule has 2 aromatic rings. The van der Waals surface area contributed by atoms with Crippen LogP contribution in [0.5, 0.6) is 0 Å². The van der Waals surface area contributed by atoms with E-state index in [0.717, 1.165) is 24.1 Å². The predicted molar refractivity (Wildman–Crippen MR) is 162 cm³/mol. The van der Waals surface area contributed by atoms with Crippen LogP contribution in [0.25, 0.3) is 0 Å². The zero-order chi connectivity index (χ0) is 28.9. The van der Waals surface area contributed by atoms with Gasteiger partial charge in [-0.25, -0.2) is 4.79 Å². The SMILES string of the molecule is COCCOCCOCCN(C(=O)O)[C@H]1CCN(C[C@H](c2ccccc2)N(C)C(=O)Cc2ccc(Cl)c(Cl)c2)C1.Cl. The van der Waals surface area contributed by atoms with Gasteiger partial charge in [-0.05, 0) is 29.7 Å². The number of likely N-dealkylation sites (N-methyl/N-ethyl adjacent to an activating group) is 1. The number of benzene rings is 2. The largest absolute Gasteiger partial charge is 0.465 e. The van der Waals surface area contributed by atoms with E-state index in [2.05, 4.69) is 4.90 Å². The molecule has 0 bridgehead atoms. The van der Waals surface area contributed by atoms with Crippen molar-refractivity contribution in [2.24, 2.45) is 0 Å². The van der Waals surface area contributed by atoms with Crippen molar-refractivity contribution in [1.82, 2.24) is 14.7 Å². The van der Waals surface area contributed by atoms with Crippen molar-refractivity contribution in [1.29, 1.82) is 0 Å². The Bertz CT molecular complexity index is 1080. The number of carbonyl (C=O) groups excluding carboxylic acids is 1. The van der Waals surface area contributed by atoms with Crippen molar-refractivity contribution in [3.05, 3.63) is 69.7 Å². The van der Waals surface area contributed by atoms with Crippen LogP contribution in [0.15, 0.2) is 48.5 Å². The molecule has 1 fully saturated rings. The number of halogens is 3. The number of hydrogen-bond acceptors (Lipinski definition) is 6. The summed E-state index contributed by atoms with van der Waals surface area (Å²) in [4.78, 5) is 30.8.